The molecule has 0 saturated carbocycles. The van der Waals surface area contributed by atoms with Gasteiger partial charge in [0.25, 0.3) is 0 Å². The molecular weight excluding hydrogens is 396 g/mol. The monoisotopic (exact) mass is 418 g/mol. The summed E-state index contributed by atoms with van der Waals surface area (Å²) in [5.74, 6) is 0.795. The standard InChI is InChI=1S/C22H22N6OS/c1-29-17-7-11-28(14-17)13-15-4-10-24-20(12-15)27-22-26-19-3-2-18(25-21(19)30-22)16-5-8-23-9-6-16/h2-6,8-10,12,17H,7,11,13-14H2,1H3,(H,24,26,27)/t17-/m1/s1. The summed E-state index contributed by atoms with van der Waals surface area (Å²) in [6, 6.07) is 12.1. The molecule has 1 fully saturated rings. The maximum absolute atomic E-state index is 5.46. The van der Waals surface area contributed by atoms with Crippen LogP contribution in [0.2, 0.25) is 0 Å². The quantitative estimate of drug-likeness (QED) is 0.505. The molecule has 1 aliphatic heterocycles. The highest BCUT2D eigenvalue weighted by molar-refractivity contribution is 7.21. The molecule has 7 nitrogen and oxygen atoms in total. The molecule has 1 N–H and O–H groups in total. The highest BCUT2D eigenvalue weighted by atomic mass is 32.1. The number of nitrogens with one attached hydrogen (secondary N) is 1. The lowest BCUT2D eigenvalue weighted by atomic mass is 10.2. The van der Waals surface area contributed by atoms with E-state index in [0.29, 0.717) is 6.10 Å². The zero-order valence-electron chi connectivity index (χ0n) is 16.7. The molecule has 5 rings (SSSR count). The van der Waals surface area contributed by atoms with Crippen LogP contribution in [0.3, 0.4) is 0 Å². The van der Waals surface area contributed by atoms with E-state index in [9.17, 15) is 0 Å². The average molecular weight is 419 g/mol. The molecule has 4 aromatic heterocycles. The Kier molecular flexibility index (Phi) is 5.35. The number of pyridine rings is 3. The van der Waals surface area contributed by atoms with Gasteiger partial charge in [0.05, 0.1) is 11.8 Å². The molecule has 4 aromatic rings. The van der Waals surface area contributed by atoms with E-state index in [-0.39, 0.29) is 0 Å². The van der Waals surface area contributed by atoms with Gasteiger partial charge < -0.3 is 10.1 Å². The van der Waals surface area contributed by atoms with Gasteiger partial charge in [-0.1, -0.05) is 11.3 Å². The van der Waals surface area contributed by atoms with E-state index in [0.717, 1.165) is 58.6 Å². The van der Waals surface area contributed by atoms with Crippen LogP contribution in [0.15, 0.2) is 55.0 Å². The number of nitrogens with zero attached hydrogens (tertiary/aromatic N) is 5. The van der Waals surface area contributed by atoms with Crippen molar-refractivity contribution in [3.63, 3.8) is 0 Å². The third-order valence-electron chi connectivity index (χ3n) is 5.26. The highest BCUT2D eigenvalue weighted by Gasteiger charge is 2.21. The third-order valence-corrected chi connectivity index (χ3v) is 6.14. The van der Waals surface area contributed by atoms with E-state index in [1.54, 1.807) is 19.5 Å². The summed E-state index contributed by atoms with van der Waals surface area (Å²) in [7, 11) is 1.79. The number of thiazole rings is 1. The molecule has 0 amide bonds. The summed E-state index contributed by atoms with van der Waals surface area (Å²) in [6.07, 6.45) is 6.83. The van der Waals surface area contributed by atoms with Gasteiger partial charge in [-0.25, -0.2) is 15.0 Å². The van der Waals surface area contributed by atoms with Crippen LogP contribution in [0.25, 0.3) is 21.6 Å². The van der Waals surface area contributed by atoms with Crippen LogP contribution in [-0.2, 0) is 11.3 Å². The minimum Gasteiger partial charge on any atom is -0.380 e. The van der Waals surface area contributed by atoms with Gasteiger partial charge >= 0.3 is 0 Å². The van der Waals surface area contributed by atoms with Crippen molar-refractivity contribution in [1.82, 2.24) is 24.8 Å². The van der Waals surface area contributed by atoms with Crippen LogP contribution in [0.4, 0.5) is 10.9 Å². The van der Waals surface area contributed by atoms with E-state index in [4.69, 9.17) is 9.72 Å². The number of fused-ring (bicyclic) bond motifs is 1. The first-order chi connectivity index (χ1) is 14.8. The smallest absolute Gasteiger partial charge is 0.190 e. The SMILES string of the molecule is CO[C@@H]1CCN(Cc2ccnc(Nc3nc4ccc(-c5ccncc5)nc4s3)c2)C1. The van der Waals surface area contributed by atoms with Gasteiger partial charge in [0.2, 0.25) is 0 Å². The molecule has 0 aliphatic carbocycles. The average Bonchev–Trinajstić information content (AvgIpc) is 3.40. The van der Waals surface area contributed by atoms with Crippen molar-refractivity contribution < 1.29 is 4.74 Å². The molecule has 30 heavy (non-hydrogen) atoms. The summed E-state index contributed by atoms with van der Waals surface area (Å²) in [4.78, 5) is 21.3. The minimum atomic E-state index is 0.344. The van der Waals surface area contributed by atoms with Crippen molar-refractivity contribution in [3.8, 4) is 11.3 Å². The largest absolute Gasteiger partial charge is 0.380 e. The fourth-order valence-corrected chi connectivity index (χ4v) is 4.54. The Morgan fingerprint density at radius 3 is 2.87 bits per heavy atom. The molecule has 8 heteroatoms. The number of hydrogen-bond donors (Lipinski definition) is 1. The molecule has 152 valence electrons. The fraction of sp³-hybridized carbons (Fsp3) is 0.273. The predicted molar refractivity (Wildman–Crippen MR) is 119 cm³/mol. The molecule has 0 radical (unpaired) electrons. The van der Waals surface area contributed by atoms with Crippen molar-refractivity contribution in [2.45, 2.75) is 19.1 Å². The first kappa shape index (κ1) is 19.0. The van der Waals surface area contributed by atoms with Crippen molar-refractivity contribution in [2.75, 3.05) is 25.5 Å². The topological polar surface area (TPSA) is 76.1 Å². The molecule has 0 bridgehead atoms. The van der Waals surface area contributed by atoms with Crippen molar-refractivity contribution in [3.05, 3.63) is 60.6 Å². The van der Waals surface area contributed by atoms with Crippen LogP contribution in [0, 0.1) is 0 Å². The lowest BCUT2D eigenvalue weighted by Crippen LogP contribution is -2.22. The Labute approximate surface area is 178 Å². The van der Waals surface area contributed by atoms with Crippen LogP contribution in [0.5, 0.6) is 0 Å². The van der Waals surface area contributed by atoms with Crippen molar-refractivity contribution in [2.24, 2.45) is 0 Å². The molecule has 1 atom stereocenters. The van der Waals surface area contributed by atoms with E-state index < -0.39 is 0 Å². The van der Waals surface area contributed by atoms with Gasteiger partial charge in [-0.15, -0.1) is 0 Å². The molecule has 1 saturated heterocycles. The van der Waals surface area contributed by atoms with E-state index in [1.807, 2.05) is 30.5 Å². The van der Waals surface area contributed by atoms with Crippen LogP contribution < -0.4 is 5.32 Å². The van der Waals surface area contributed by atoms with Crippen LogP contribution in [-0.4, -0.2) is 51.1 Å². The summed E-state index contributed by atoms with van der Waals surface area (Å²) in [6.45, 7) is 2.94. The zero-order chi connectivity index (χ0) is 20.3. The molecule has 1 aliphatic rings. The summed E-state index contributed by atoms with van der Waals surface area (Å²) >= 11 is 1.53. The van der Waals surface area contributed by atoms with E-state index in [1.165, 1.54) is 16.9 Å². The number of rotatable bonds is 6. The van der Waals surface area contributed by atoms with E-state index >= 15 is 0 Å². The molecule has 0 aromatic carbocycles. The number of ether oxygens (including phenoxy) is 1. The summed E-state index contributed by atoms with van der Waals surface area (Å²) < 4.78 is 5.46. The first-order valence-corrected chi connectivity index (χ1v) is 10.7. The second-order valence-corrected chi connectivity index (χ2v) is 8.31. The Bertz CT molecular complexity index is 1150. The molecule has 0 spiro atoms. The second-order valence-electron chi connectivity index (χ2n) is 7.33. The fourth-order valence-electron chi connectivity index (χ4n) is 3.70. The van der Waals surface area contributed by atoms with Gasteiger partial charge in [0.1, 0.15) is 16.2 Å². The van der Waals surface area contributed by atoms with Crippen LogP contribution >= 0.6 is 11.3 Å². The number of aromatic nitrogens is 4. The van der Waals surface area contributed by atoms with Gasteiger partial charge in [0, 0.05) is 50.9 Å². The van der Waals surface area contributed by atoms with Gasteiger partial charge in [-0.05, 0) is 48.4 Å². The van der Waals surface area contributed by atoms with Crippen LogP contribution in [0.1, 0.15) is 12.0 Å². The maximum atomic E-state index is 5.46. The van der Waals surface area contributed by atoms with Gasteiger partial charge in [-0.3, -0.25) is 9.88 Å². The second kappa shape index (κ2) is 8.43. The first-order valence-electron chi connectivity index (χ1n) is 9.92. The molecular formula is C22H22N6OS. The van der Waals surface area contributed by atoms with Crippen molar-refractivity contribution >= 4 is 32.6 Å². The molecule has 0 unspecified atom stereocenters. The Hall–Kier alpha value is -2.94. The lowest BCUT2D eigenvalue weighted by molar-refractivity contribution is 0.107. The third kappa shape index (κ3) is 4.16. The number of hydrogen-bond acceptors (Lipinski definition) is 8. The minimum absolute atomic E-state index is 0.344. The number of anilines is 2. The summed E-state index contributed by atoms with van der Waals surface area (Å²) in [5.41, 5.74) is 4.06. The highest BCUT2D eigenvalue weighted by Crippen LogP contribution is 2.29. The lowest BCUT2D eigenvalue weighted by Gasteiger charge is -2.16. The Balaban J connectivity index is 1.32. The number of methoxy groups -OCH3 is 1. The molecule has 5 heterocycles. The number of likely N-dealkylation sites (tertiary alicyclic amines) is 1. The van der Waals surface area contributed by atoms with Gasteiger partial charge in [-0.2, -0.15) is 0 Å². The summed E-state index contributed by atoms with van der Waals surface area (Å²) in [5, 5.41) is 4.13. The van der Waals surface area contributed by atoms with Gasteiger partial charge in [0.15, 0.2) is 5.13 Å². The van der Waals surface area contributed by atoms with E-state index in [2.05, 4.69) is 37.3 Å². The van der Waals surface area contributed by atoms with Crippen molar-refractivity contribution in [1.29, 1.82) is 0 Å². The Morgan fingerprint density at radius 1 is 1.13 bits per heavy atom. The zero-order valence-corrected chi connectivity index (χ0v) is 17.5. The normalized spacial score (nSPS) is 16.9. The predicted octanol–water partition coefficient (Wildman–Crippen LogP) is 4.11. The maximum Gasteiger partial charge on any atom is 0.190 e. The Morgan fingerprint density at radius 2 is 2.03 bits per heavy atom.